The SMILES string of the molecule is CC(C)=CCNC(=O)NC(=O)CC1(CC(=O)O)CCCC1. The number of allylic oxidation sites excluding steroid dienone is 1. The molecule has 3 N–H and O–H groups in total. The van der Waals surface area contributed by atoms with Crippen molar-refractivity contribution in [1.29, 1.82) is 0 Å². The minimum atomic E-state index is -0.891. The van der Waals surface area contributed by atoms with E-state index < -0.39 is 23.3 Å². The maximum Gasteiger partial charge on any atom is 0.321 e. The average molecular weight is 296 g/mol. The van der Waals surface area contributed by atoms with Crippen molar-refractivity contribution in [3.63, 3.8) is 0 Å². The Balaban J connectivity index is 2.45. The molecule has 0 bridgehead atoms. The number of carbonyl (C=O) groups excluding carboxylic acids is 2. The number of hydrogen-bond acceptors (Lipinski definition) is 3. The zero-order chi connectivity index (χ0) is 15.9. The first-order chi connectivity index (χ1) is 9.83. The number of urea groups is 1. The molecular formula is C15H24N2O4. The summed E-state index contributed by atoms with van der Waals surface area (Å²) in [4.78, 5) is 34.4. The van der Waals surface area contributed by atoms with Gasteiger partial charge in [-0.25, -0.2) is 4.79 Å². The lowest BCUT2D eigenvalue weighted by atomic mass is 9.79. The van der Waals surface area contributed by atoms with Gasteiger partial charge < -0.3 is 10.4 Å². The second-order valence-corrected chi connectivity index (χ2v) is 5.99. The van der Waals surface area contributed by atoms with E-state index in [0.29, 0.717) is 6.54 Å². The van der Waals surface area contributed by atoms with Crippen molar-refractivity contribution in [3.05, 3.63) is 11.6 Å². The predicted octanol–water partition coefficient (Wildman–Crippen LogP) is 2.20. The summed E-state index contributed by atoms with van der Waals surface area (Å²) in [5, 5.41) is 13.8. The Morgan fingerprint density at radius 3 is 2.29 bits per heavy atom. The number of imide groups is 1. The molecule has 0 aromatic rings. The second kappa shape index (κ2) is 7.81. The van der Waals surface area contributed by atoms with Crippen molar-refractivity contribution in [2.45, 2.75) is 52.4 Å². The maximum atomic E-state index is 11.9. The molecule has 6 heteroatoms. The third-order valence-corrected chi connectivity index (χ3v) is 3.75. The lowest BCUT2D eigenvalue weighted by molar-refractivity contribution is -0.140. The highest BCUT2D eigenvalue weighted by atomic mass is 16.4. The van der Waals surface area contributed by atoms with E-state index in [0.717, 1.165) is 31.3 Å². The lowest BCUT2D eigenvalue weighted by Crippen LogP contribution is -2.41. The van der Waals surface area contributed by atoms with Crippen LogP contribution in [0.5, 0.6) is 0 Å². The van der Waals surface area contributed by atoms with E-state index >= 15 is 0 Å². The van der Waals surface area contributed by atoms with Gasteiger partial charge in [-0.1, -0.05) is 24.5 Å². The van der Waals surface area contributed by atoms with Crippen LogP contribution >= 0.6 is 0 Å². The smallest absolute Gasteiger partial charge is 0.321 e. The second-order valence-electron chi connectivity index (χ2n) is 5.99. The monoisotopic (exact) mass is 296 g/mol. The van der Waals surface area contributed by atoms with E-state index in [2.05, 4.69) is 10.6 Å². The van der Waals surface area contributed by atoms with Crippen LogP contribution in [0.15, 0.2) is 11.6 Å². The van der Waals surface area contributed by atoms with Gasteiger partial charge in [0.2, 0.25) is 5.91 Å². The fourth-order valence-corrected chi connectivity index (χ4v) is 2.77. The van der Waals surface area contributed by atoms with Crippen LogP contribution in [-0.4, -0.2) is 29.6 Å². The zero-order valence-corrected chi connectivity index (χ0v) is 12.7. The van der Waals surface area contributed by atoms with Crippen LogP contribution in [0.25, 0.3) is 0 Å². The van der Waals surface area contributed by atoms with Crippen molar-refractivity contribution in [3.8, 4) is 0 Å². The highest BCUT2D eigenvalue weighted by Crippen LogP contribution is 2.43. The van der Waals surface area contributed by atoms with E-state index in [1.165, 1.54) is 0 Å². The maximum absolute atomic E-state index is 11.9. The van der Waals surface area contributed by atoms with E-state index in [4.69, 9.17) is 5.11 Å². The number of nitrogens with one attached hydrogen (secondary N) is 2. The van der Waals surface area contributed by atoms with Gasteiger partial charge in [0, 0.05) is 13.0 Å². The molecule has 21 heavy (non-hydrogen) atoms. The molecule has 0 unspecified atom stereocenters. The molecule has 1 aliphatic carbocycles. The van der Waals surface area contributed by atoms with E-state index in [1.807, 2.05) is 19.9 Å². The van der Waals surface area contributed by atoms with E-state index in [9.17, 15) is 14.4 Å². The topological polar surface area (TPSA) is 95.5 Å². The van der Waals surface area contributed by atoms with Crippen molar-refractivity contribution in [1.82, 2.24) is 10.6 Å². The van der Waals surface area contributed by atoms with Gasteiger partial charge in [-0.15, -0.1) is 0 Å². The van der Waals surface area contributed by atoms with Gasteiger partial charge in [-0.3, -0.25) is 14.9 Å². The minimum Gasteiger partial charge on any atom is -0.481 e. The standard InChI is InChI=1S/C15H24N2O4/c1-11(2)5-8-16-14(21)17-12(18)9-15(10-13(19)20)6-3-4-7-15/h5H,3-4,6-10H2,1-2H3,(H,19,20)(H2,16,17,18,21). The molecule has 0 atom stereocenters. The zero-order valence-electron chi connectivity index (χ0n) is 12.7. The van der Waals surface area contributed by atoms with Crippen LogP contribution in [0.4, 0.5) is 4.79 Å². The summed E-state index contributed by atoms with van der Waals surface area (Å²) in [5.41, 5.74) is 0.587. The Morgan fingerprint density at radius 2 is 1.76 bits per heavy atom. The molecule has 0 spiro atoms. The predicted molar refractivity (Wildman–Crippen MR) is 78.7 cm³/mol. The van der Waals surface area contributed by atoms with Crippen LogP contribution in [0, 0.1) is 5.41 Å². The van der Waals surface area contributed by atoms with Crippen molar-refractivity contribution < 1.29 is 19.5 Å². The lowest BCUT2D eigenvalue weighted by Gasteiger charge is -2.26. The van der Waals surface area contributed by atoms with Crippen LogP contribution < -0.4 is 10.6 Å². The molecule has 0 aromatic carbocycles. The van der Waals surface area contributed by atoms with Crippen LogP contribution in [-0.2, 0) is 9.59 Å². The first-order valence-electron chi connectivity index (χ1n) is 7.26. The Kier molecular flexibility index (Phi) is 6.39. The molecule has 118 valence electrons. The molecule has 3 amide bonds. The van der Waals surface area contributed by atoms with Gasteiger partial charge in [0.25, 0.3) is 0 Å². The molecule has 0 heterocycles. The third kappa shape index (κ3) is 6.42. The van der Waals surface area contributed by atoms with Crippen molar-refractivity contribution >= 4 is 17.9 Å². The summed E-state index contributed by atoms with van der Waals surface area (Å²) in [6.07, 6.45) is 5.25. The summed E-state index contributed by atoms with van der Waals surface area (Å²) in [6, 6.07) is -0.541. The molecule has 0 saturated heterocycles. The average Bonchev–Trinajstić information content (AvgIpc) is 2.75. The molecule has 0 radical (unpaired) electrons. The number of rotatable bonds is 6. The van der Waals surface area contributed by atoms with Crippen LogP contribution in [0.2, 0.25) is 0 Å². The minimum absolute atomic E-state index is 0.0141. The highest BCUT2D eigenvalue weighted by Gasteiger charge is 2.38. The molecule has 0 aliphatic heterocycles. The molecule has 1 aliphatic rings. The Bertz CT molecular complexity index is 433. The number of hydrogen-bond donors (Lipinski definition) is 3. The summed E-state index contributed by atoms with van der Waals surface area (Å²) < 4.78 is 0. The van der Waals surface area contributed by atoms with Gasteiger partial charge >= 0.3 is 12.0 Å². The molecular weight excluding hydrogens is 272 g/mol. The number of carboxylic acids is 1. The third-order valence-electron chi connectivity index (χ3n) is 3.75. The number of carboxylic acid groups (broad SMARTS) is 1. The largest absolute Gasteiger partial charge is 0.481 e. The summed E-state index contributed by atoms with van der Waals surface area (Å²) in [6.45, 7) is 4.20. The van der Waals surface area contributed by atoms with E-state index in [-0.39, 0.29) is 12.8 Å². The van der Waals surface area contributed by atoms with Crippen molar-refractivity contribution in [2.24, 2.45) is 5.41 Å². The molecule has 0 aromatic heterocycles. The van der Waals surface area contributed by atoms with Crippen LogP contribution in [0.3, 0.4) is 0 Å². The van der Waals surface area contributed by atoms with Gasteiger partial charge in [0.15, 0.2) is 0 Å². The van der Waals surface area contributed by atoms with Gasteiger partial charge in [0.05, 0.1) is 6.42 Å². The first-order valence-corrected chi connectivity index (χ1v) is 7.26. The molecule has 1 fully saturated rings. The molecule has 6 nitrogen and oxygen atoms in total. The fraction of sp³-hybridized carbons (Fsp3) is 0.667. The number of carbonyl (C=O) groups is 3. The fourth-order valence-electron chi connectivity index (χ4n) is 2.77. The number of amides is 3. The summed E-state index contributed by atoms with van der Waals surface area (Å²) in [7, 11) is 0. The van der Waals surface area contributed by atoms with Gasteiger partial charge in [-0.05, 0) is 32.1 Å². The Hall–Kier alpha value is -1.85. The quantitative estimate of drug-likeness (QED) is 0.655. The summed E-state index contributed by atoms with van der Waals surface area (Å²) in [5.74, 6) is -1.30. The Labute approximate surface area is 125 Å². The molecule has 1 rings (SSSR count). The summed E-state index contributed by atoms with van der Waals surface area (Å²) >= 11 is 0. The number of aliphatic carboxylic acids is 1. The van der Waals surface area contributed by atoms with Gasteiger partial charge in [0.1, 0.15) is 0 Å². The Morgan fingerprint density at radius 1 is 1.14 bits per heavy atom. The van der Waals surface area contributed by atoms with Gasteiger partial charge in [-0.2, -0.15) is 0 Å². The first kappa shape index (κ1) is 17.2. The molecule has 1 saturated carbocycles. The van der Waals surface area contributed by atoms with E-state index in [1.54, 1.807) is 0 Å². The highest BCUT2D eigenvalue weighted by molar-refractivity contribution is 5.94. The normalized spacial score (nSPS) is 16.1. The van der Waals surface area contributed by atoms with Crippen molar-refractivity contribution in [2.75, 3.05) is 6.54 Å². The van der Waals surface area contributed by atoms with Crippen LogP contribution in [0.1, 0.15) is 52.4 Å².